The van der Waals surface area contributed by atoms with Gasteiger partial charge >= 0.3 is 0 Å². The number of nitrogens with zero attached hydrogens (tertiary/aromatic N) is 1. The Morgan fingerprint density at radius 1 is 1.04 bits per heavy atom. The molecule has 0 unspecified atom stereocenters. The number of fused-ring (bicyclic) bond motifs is 1. The van der Waals surface area contributed by atoms with Crippen LogP contribution >= 0.6 is 0 Å². The summed E-state index contributed by atoms with van der Waals surface area (Å²) in [6.45, 7) is 2.36. The lowest BCUT2D eigenvalue weighted by atomic mass is 10.1. The van der Waals surface area contributed by atoms with Crippen LogP contribution in [-0.4, -0.2) is 18.4 Å². The highest BCUT2D eigenvalue weighted by Gasteiger charge is 2.26. The maximum atomic E-state index is 12.6. The monoisotopic (exact) mass is 372 g/mol. The topological polar surface area (TPSA) is 58.6 Å². The summed E-state index contributed by atoms with van der Waals surface area (Å²) in [5.74, 6) is 0.332. The number of aryl methyl sites for hydroxylation is 1. The molecule has 1 aliphatic rings. The SMILES string of the molecule is Cc1ccccc1C(=O)Nc1ccc2c(c1)N(Cc1ccccc1)C(=O)CO2. The number of nitrogens with one attached hydrogen (secondary N) is 1. The fourth-order valence-corrected chi connectivity index (χ4v) is 3.25. The highest BCUT2D eigenvalue weighted by atomic mass is 16.5. The second kappa shape index (κ2) is 7.56. The molecule has 0 radical (unpaired) electrons. The van der Waals surface area contributed by atoms with E-state index in [1.54, 1.807) is 29.2 Å². The largest absolute Gasteiger partial charge is 0.482 e. The molecule has 1 heterocycles. The van der Waals surface area contributed by atoms with Crippen molar-refractivity contribution in [2.45, 2.75) is 13.5 Å². The fraction of sp³-hybridized carbons (Fsp3) is 0.130. The third-order valence-electron chi connectivity index (χ3n) is 4.73. The van der Waals surface area contributed by atoms with Crippen molar-refractivity contribution in [2.24, 2.45) is 0 Å². The molecule has 0 fully saturated rings. The van der Waals surface area contributed by atoms with Crippen LogP contribution in [-0.2, 0) is 11.3 Å². The fourth-order valence-electron chi connectivity index (χ4n) is 3.25. The zero-order chi connectivity index (χ0) is 19.5. The summed E-state index contributed by atoms with van der Waals surface area (Å²) in [7, 11) is 0. The van der Waals surface area contributed by atoms with E-state index in [9.17, 15) is 9.59 Å². The molecular formula is C23H20N2O3. The van der Waals surface area contributed by atoms with Gasteiger partial charge in [0.2, 0.25) is 0 Å². The van der Waals surface area contributed by atoms with Gasteiger partial charge in [0, 0.05) is 11.3 Å². The van der Waals surface area contributed by atoms with E-state index in [0.717, 1.165) is 11.1 Å². The normalized spacial score (nSPS) is 12.9. The number of carbonyl (C=O) groups is 2. The van der Waals surface area contributed by atoms with Crippen LogP contribution in [0.1, 0.15) is 21.5 Å². The van der Waals surface area contributed by atoms with Gasteiger partial charge in [-0.25, -0.2) is 0 Å². The summed E-state index contributed by atoms with van der Waals surface area (Å²) >= 11 is 0. The van der Waals surface area contributed by atoms with Crippen LogP contribution in [0.2, 0.25) is 0 Å². The third-order valence-corrected chi connectivity index (χ3v) is 4.73. The molecule has 5 heteroatoms. The van der Waals surface area contributed by atoms with Gasteiger partial charge in [-0.05, 0) is 42.3 Å². The first-order valence-corrected chi connectivity index (χ1v) is 9.10. The van der Waals surface area contributed by atoms with Crippen molar-refractivity contribution in [3.05, 3.63) is 89.5 Å². The van der Waals surface area contributed by atoms with E-state index < -0.39 is 0 Å². The quantitative estimate of drug-likeness (QED) is 0.748. The minimum Gasteiger partial charge on any atom is -0.482 e. The van der Waals surface area contributed by atoms with Crippen LogP contribution in [0, 0.1) is 6.92 Å². The predicted molar refractivity (Wildman–Crippen MR) is 109 cm³/mol. The van der Waals surface area contributed by atoms with Crippen LogP contribution in [0.4, 0.5) is 11.4 Å². The van der Waals surface area contributed by atoms with Gasteiger partial charge in [0.25, 0.3) is 11.8 Å². The Balaban J connectivity index is 1.61. The average Bonchev–Trinajstić information content (AvgIpc) is 2.71. The third kappa shape index (κ3) is 3.60. The van der Waals surface area contributed by atoms with Crippen molar-refractivity contribution in [1.29, 1.82) is 0 Å². The Hall–Kier alpha value is -3.60. The molecule has 0 atom stereocenters. The summed E-state index contributed by atoms with van der Waals surface area (Å²) in [5.41, 5.74) is 3.82. The first-order chi connectivity index (χ1) is 13.6. The van der Waals surface area contributed by atoms with Gasteiger partial charge in [-0.2, -0.15) is 0 Å². The van der Waals surface area contributed by atoms with Gasteiger partial charge in [-0.15, -0.1) is 0 Å². The molecule has 4 rings (SSSR count). The summed E-state index contributed by atoms with van der Waals surface area (Å²) in [4.78, 5) is 26.8. The lowest BCUT2D eigenvalue weighted by molar-refractivity contribution is -0.121. The number of hydrogen-bond donors (Lipinski definition) is 1. The second-order valence-corrected chi connectivity index (χ2v) is 6.71. The molecule has 1 aliphatic heterocycles. The van der Waals surface area contributed by atoms with Gasteiger partial charge in [-0.3, -0.25) is 9.59 Å². The predicted octanol–water partition coefficient (Wildman–Crippen LogP) is 4.17. The van der Waals surface area contributed by atoms with Crippen molar-refractivity contribution in [1.82, 2.24) is 0 Å². The number of carbonyl (C=O) groups excluding carboxylic acids is 2. The summed E-state index contributed by atoms with van der Waals surface area (Å²) < 4.78 is 5.56. The summed E-state index contributed by atoms with van der Waals surface area (Å²) in [6, 6.07) is 22.6. The van der Waals surface area contributed by atoms with Gasteiger partial charge in [0.1, 0.15) is 5.75 Å². The highest BCUT2D eigenvalue weighted by Crippen LogP contribution is 2.35. The molecule has 140 valence electrons. The lowest BCUT2D eigenvalue weighted by Gasteiger charge is -2.30. The molecule has 0 aliphatic carbocycles. The van der Waals surface area contributed by atoms with Crippen LogP contribution in [0.5, 0.6) is 5.75 Å². The van der Waals surface area contributed by atoms with Crippen LogP contribution in [0.25, 0.3) is 0 Å². The van der Waals surface area contributed by atoms with Crippen molar-refractivity contribution in [3.63, 3.8) is 0 Å². The Kier molecular flexibility index (Phi) is 4.81. The van der Waals surface area contributed by atoms with Gasteiger partial charge in [0.15, 0.2) is 6.61 Å². The molecule has 0 spiro atoms. The Bertz CT molecular complexity index is 1030. The minimum absolute atomic E-state index is 0.00868. The minimum atomic E-state index is -0.185. The first kappa shape index (κ1) is 17.8. The molecule has 0 saturated heterocycles. The number of rotatable bonds is 4. The Morgan fingerprint density at radius 2 is 1.79 bits per heavy atom. The number of hydrogen-bond acceptors (Lipinski definition) is 3. The first-order valence-electron chi connectivity index (χ1n) is 9.10. The Morgan fingerprint density at radius 3 is 2.57 bits per heavy atom. The molecular weight excluding hydrogens is 352 g/mol. The number of benzene rings is 3. The van der Waals surface area contributed by atoms with Crippen molar-refractivity contribution < 1.29 is 14.3 Å². The van der Waals surface area contributed by atoms with Gasteiger partial charge in [0.05, 0.1) is 12.2 Å². The second-order valence-electron chi connectivity index (χ2n) is 6.71. The average molecular weight is 372 g/mol. The van der Waals surface area contributed by atoms with Gasteiger partial charge in [-0.1, -0.05) is 48.5 Å². The highest BCUT2D eigenvalue weighted by molar-refractivity contribution is 6.06. The summed E-state index contributed by atoms with van der Waals surface area (Å²) in [6.07, 6.45) is 0. The molecule has 3 aromatic rings. The molecule has 28 heavy (non-hydrogen) atoms. The molecule has 5 nitrogen and oxygen atoms in total. The van der Waals surface area contributed by atoms with Crippen LogP contribution < -0.4 is 15.0 Å². The zero-order valence-electron chi connectivity index (χ0n) is 15.5. The smallest absolute Gasteiger partial charge is 0.265 e. The van der Waals surface area contributed by atoms with E-state index in [1.807, 2.05) is 55.5 Å². The van der Waals surface area contributed by atoms with E-state index in [-0.39, 0.29) is 18.4 Å². The van der Waals surface area contributed by atoms with Crippen molar-refractivity contribution in [3.8, 4) is 5.75 Å². The standard InChI is InChI=1S/C23H20N2O3/c1-16-7-5-6-10-19(16)23(27)24-18-11-12-21-20(13-18)25(22(26)15-28-21)14-17-8-3-2-4-9-17/h2-13H,14-15H2,1H3,(H,24,27). The molecule has 3 aromatic carbocycles. The lowest BCUT2D eigenvalue weighted by Crippen LogP contribution is -2.38. The van der Waals surface area contributed by atoms with E-state index in [4.69, 9.17) is 4.74 Å². The Labute approximate surface area is 163 Å². The van der Waals surface area contributed by atoms with Crippen LogP contribution in [0.3, 0.4) is 0 Å². The van der Waals surface area contributed by atoms with Crippen LogP contribution in [0.15, 0.2) is 72.8 Å². The van der Waals surface area contributed by atoms with E-state index in [2.05, 4.69) is 5.32 Å². The number of ether oxygens (including phenoxy) is 1. The van der Waals surface area contributed by atoms with E-state index >= 15 is 0 Å². The van der Waals surface area contributed by atoms with Crippen molar-refractivity contribution in [2.75, 3.05) is 16.8 Å². The molecule has 0 bridgehead atoms. The summed E-state index contributed by atoms with van der Waals surface area (Å²) in [5, 5.41) is 2.92. The molecule has 1 N–H and O–H groups in total. The van der Waals surface area contributed by atoms with Gasteiger partial charge < -0.3 is 15.0 Å². The zero-order valence-corrected chi connectivity index (χ0v) is 15.5. The maximum Gasteiger partial charge on any atom is 0.265 e. The molecule has 0 saturated carbocycles. The van der Waals surface area contributed by atoms with E-state index in [0.29, 0.717) is 29.2 Å². The number of anilines is 2. The van der Waals surface area contributed by atoms with E-state index in [1.165, 1.54) is 0 Å². The molecule has 2 amide bonds. The molecule has 0 aromatic heterocycles. The maximum absolute atomic E-state index is 12.6. The number of amides is 2. The van der Waals surface area contributed by atoms with Crippen molar-refractivity contribution >= 4 is 23.2 Å².